The maximum Gasteiger partial charge on any atom is 0.336 e. The van der Waals surface area contributed by atoms with E-state index in [1.807, 2.05) is 30.3 Å². The quantitative estimate of drug-likeness (QED) is 0.690. The Labute approximate surface area is 133 Å². The van der Waals surface area contributed by atoms with E-state index in [4.69, 9.17) is 4.42 Å². The number of hydrogen-bond donors (Lipinski definition) is 0. The molecule has 6 heteroatoms. The summed E-state index contributed by atoms with van der Waals surface area (Å²) >= 11 is 0. The van der Waals surface area contributed by atoms with Crippen molar-refractivity contribution in [2.24, 2.45) is 0 Å². The number of hydrogen-bond acceptors (Lipinski definition) is 4. The van der Waals surface area contributed by atoms with E-state index < -0.39 is 15.6 Å². The van der Waals surface area contributed by atoms with Crippen molar-refractivity contribution in [1.29, 1.82) is 0 Å². The Morgan fingerprint density at radius 2 is 1.74 bits per heavy atom. The van der Waals surface area contributed by atoms with Crippen LogP contribution in [0.25, 0.3) is 11.0 Å². The van der Waals surface area contributed by atoms with Crippen LogP contribution < -0.4 is 5.63 Å². The van der Waals surface area contributed by atoms with Crippen molar-refractivity contribution < 1.29 is 12.8 Å². The highest BCUT2D eigenvalue weighted by atomic mass is 32.2. The highest BCUT2D eigenvalue weighted by Crippen LogP contribution is 2.21. The van der Waals surface area contributed by atoms with Crippen LogP contribution in [0.2, 0.25) is 0 Å². The van der Waals surface area contributed by atoms with Gasteiger partial charge >= 0.3 is 5.63 Å². The van der Waals surface area contributed by atoms with Gasteiger partial charge in [0, 0.05) is 25.0 Å². The zero-order chi connectivity index (χ0) is 16.4. The highest BCUT2D eigenvalue weighted by molar-refractivity contribution is 7.89. The average molecular weight is 329 g/mol. The molecule has 3 aromatic rings. The molecule has 0 aliphatic heterocycles. The molecule has 0 spiro atoms. The van der Waals surface area contributed by atoms with Gasteiger partial charge in [-0.05, 0) is 29.8 Å². The number of nitrogens with zero attached hydrogens (tertiary/aromatic N) is 1. The van der Waals surface area contributed by atoms with E-state index in [0.717, 1.165) is 5.56 Å². The van der Waals surface area contributed by atoms with Crippen LogP contribution in [-0.2, 0) is 16.6 Å². The summed E-state index contributed by atoms with van der Waals surface area (Å²) in [5.74, 6) is 0. The lowest BCUT2D eigenvalue weighted by Crippen LogP contribution is -2.26. The molecule has 1 aromatic heterocycles. The monoisotopic (exact) mass is 329 g/mol. The zero-order valence-electron chi connectivity index (χ0n) is 12.5. The van der Waals surface area contributed by atoms with Gasteiger partial charge in [0.25, 0.3) is 0 Å². The standard InChI is InChI=1S/C17H15NO4S/c1-18(12-13-5-3-2-4-6-13)23(20,21)15-8-9-16-14(11-15)7-10-17(19)22-16/h2-11H,12H2,1H3. The van der Waals surface area contributed by atoms with Gasteiger partial charge in [-0.3, -0.25) is 0 Å². The predicted molar refractivity (Wildman–Crippen MR) is 87.6 cm³/mol. The lowest BCUT2D eigenvalue weighted by Gasteiger charge is -2.17. The van der Waals surface area contributed by atoms with E-state index >= 15 is 0 Å². The summed E-state index contributed by atoms with van der Waals surface area (Å²) in [6.45, 7) is 0.283. The van der Waals surface area contributed by atoms with Crippen LogP contribution >= 0.6 is 0 Å². The molecular formula is C17H15NO4S. The van der Waals surface area contributed by atoms with Crippen molar-refractivity contribution in [3.8, 4) is 0 Å². The van der Waals surface area contributed by atoms with E-state index in [1.54, 1.807) is 6.07 Å². The number of sulfonamides is 1. The third-order valence-electron chi connectivity index (χ3n) is 3.55. The van der Waals surface area contributed by atoms with Gasteiger partial charge in [0.05, 0.1) is 4.90 Å². The van der Waals surface area contributed by atoms with Gasteiger partial charge in [0.2, 0.25) is 10.0 Å². The molecule has 23 heavy (non-hydrogen) atoms. The molecule has 0 saturated heterocycles. The van der Waals surface area contributed by atoms with Crippen LogP contribution in [0.4, 0.5) is 0 Å². The minimum Gasteiger partial charge on any atom is -0.423 e. The fourth-order valence-electron chi connectivity index (χ4n) is 2.32. The molecule has 0 fully saturated rings. The summed E-state index contributed by atoms with van der Waals surface area (Å²) in [4.78, 5) is 11.3. The maximum absolute atomic E-state index is 12.7. The van der Waals surface area contributed by atoms with Crippen LogP contribution in [0.3, 0.4) is 0 Å². The first kappa shape index (κ1) is 15.5. The van der Waals surface area contributed by atoms with E-state index in [2.05, 4.69) is 0 Å². The molecule has 1 heterocycles. The summed E-state index contributed by atoms with van der Waals surface area (Å²) < 4.78 is 31.7. The van der Waals surface area contributed by atoms with Crippen LogP contribution in [-0.4, -0.2) is 19.8 Å². The summed E-state index contributed by atoms with van der Waals surface area (Å²) in [6.07, 6.45) is 0. The van der Waals surface area contributed by atoms with Crippen molar-refractivity contribution in [3.05, 3.63) is 76.6 Å². The molecule has 0 saturated carbocycles. The normalized spacial score (nSPS) is 11.9. The zero-order valence-corrected chi connectivity index (χ0v) is 13.3. The SMILES string of the molecule is CN(Cc1ccccc1)S(=O)(=O)c1ccc2oc(=O)ccc2c1. The van der Waals surface area contributed by atoms with Crippen molar-refractivity contribution >= 4 is 21.0 Å². The van der Waals surface area contributed by atoms with Crippen LogP contribution in [0.15, 0.2) is 74.8 Å². The molecule has 0 N–H and O–H groups in total. The summed E-state index contributed by atoms with van der Waals surface area (Å²) in [5, 5.41) is 0.568. The molecule has 3 rings (SSSR count). The minimum atomic E-state index is -3.63. The van der Waals surface area contributed by atoms with Gasteiger partial charge in [-0.2, -0.15) is 4.31 Å². The lowest BCUT2D eigenvalue weighted by atomic mass is 10.2. The first-order chi connectivity index (χ1) is 11.0. The second-order valence-electron chi connectivity index (χ2n) is 5.20. The number of fused-ring (bicyclic) bond motifs is 1. The number of benzene rings is 2. The summed E-state index contributed by atoms with van der Waals surface area (Å²) in [7, 11) is -2.09. The van der Waals surface area contributed by atoms with Gasteiger partial charge in [-0.15, -0.1) is 0 Å². The van der Waals surface area contributed by atoms with Gasteiger partial charge in [-0.1, -0.05) is 30.3 Å². The van der Waals surface area contributed by atoms with E-state index in [-0.39, 0.29) is 11.4 Å². The van der Waals surface area contributed by atoms with Crippen molar-refractivity contribution in [2.75, 3.05) is 7.05 Å². The van der Waals surface area contributed by atoms with Crippen molar-refractivity contribution in [1.82, 2.24) is 4.31 Å². The van der Waals surface area contributed by atoms with Gasteiger partial charge in [0.1, 0.15) is 5.58 Å². The second-order valence-corrected chi connectivity index (χ2v) is 7.25. The fourth-order valence-corrected chi connectivity index (χ4v) is 3.51. The lowest BCUT2D eigenvalue weighted by molar-refractivity contribution is 0.467. The Morgan fingerprint density at radius 1 is 1.00 bits per heavy atom. The molecular weight excluding hydrogens is 314 g/mol. The Bertz CT molecular complexity index is 994. The highest BCUT2D eigenvalue weighted by Gasteiger charge is 2.21. The topological polar surface area (TPSA) is 67.6 Å². The van der Waals surface area contributed by atoms with Crippen LogP contribution in [0.5, 0.6) is 0 Å². The minimum absolute atomic E-state index is 0.164. The van der Waals surface area contributed by atoms with E-state index in [1.165, 1.54) is 35.6 Å². The molecule has 0 radical (unpaired) electrons. The maximum atomic E-state index is 12.7. The first-order valence-corrected chi connectivity index (χ1v) is 8.45. The van der Waals surface area contributed by atoms with E-state index in [0.29, 0.717) is 11.0 Å². The largest absolute Gasteiger partial charge is 0.423 e. The number of rotatable bonds is 4. The third kappa shape index (κ3) is 3.18. The van der Waals surface area contributed by atoms with Gasteiger partial charge in [-0.25, -0.2) is 13.2 Å². The van der Waals surface area contributed by atoms with Gasteiger partial charge in [0.15, 0.2) is 0 Å². The van der Waals surface area contributed by atoms with Gasteiger partial charge < -0.3 is 4.42 Å². The molecule has 118 valence electrons. The van der Waals surface area contributed by atoms with Crippen molar-refractivity contribution in [3.63, 3.8) is 0 Å². The van der Waals surface area contributed by atoms with E-state index in [9.17, 15) is 13.2 Å². The summed E-state index contributed by atoms with van der Waals surface area (Å²) in [5.41, 5.74) is 0.807. The molecule has 2 aromatic carbocycles. The molecule has 0 bridgehead atoms. The molecule has 0 unspecified atom stereocenters. The summed E-state index contributed by atoms with van der Waals surface area (Å²) in [6, 6.07) is 16.7. The smallest absolute Gasteiger partial charge is 0.336 e. The van der Waals surface area contributed by atoms with Crippen molar-refractivity contribution in [2.45, 2.75) is 11.4 Å². The molecule has 5 nitrogen and oxygen atoms in total. The van der Waals surface area contributed by atoms with Crippen LogP contribution in [0, 0.1) is 0 Å². The Balaban J connectivity index is 1.95. The second kappa shape index (κ2) is 5.98. The first-order valence-electron chi connectivity index (χ1n) is 7.01. The molecule has 0 atom stereocenters. The van der Waals surface area contributed by atoms with Crippen LogP contribution in [0.1, 0.15) is 5.56 Å². The molecule has 0 aliphatic carbocycles. The predicted octanol–water partition coefficient (Wildman–Crippen LogP) is 2.61. The Morgan fingerprint density at radius 3 is 2.48 bits per heavy atom. The fraction of sp³-hybridized carbons (Fsp3) is 0.118. The molecule has 0 amide bonds. The molecule has 0 aliphatic rings. The Kier molecular flexibility index (Phi) is 4.02. The average Bonchev–Trinajstić information content (AvgIpc) is 2.55. The Hall–Kier alpha value is -2.44. The third-order valence-corrected chi connectivity index (χ3v) is 5.35.